The molecule has 1 aromatic carbocycles. The Labute approximate surface area is 136 Å². The second-order valence-corrected chi connectivity index (χ2v) is 5.20. The van der Waals surface area contributed by atoms with Gasteiger partial charge in [0.05, 0.1) is 26.4 Å². The summed E-state index contributed by atoms with van der Waals surface area (Å²) in [6, 6.07) is 4.89. The van der Waals surface area contributed by atoms with Gasteiger partial charge in [-0.1, -0.05) is 0 Å². The molecule has 0 aromatic heterocycles. The third kappa shape index (κ3) is 4.82. The van der Waals surface area contributed by atoms with Crippen LogP contribution in [0.15, 0.2) is 18.2 Å². The van der Waals surface area contributed by atoms with Crippen molar-refractivity contribution >= 4 is 11.6 Å². The van der Waals surface area contributed by atoms with Gasteiger partial charge in [0.25, 0.3) is 0 Å². The number of benzene rings is 1. The third-order valence-corrected chi connectivity index (χ3v) is 3.58. The van der Waals surface area contributed by atoms with Crippen LogP contribution >= 0.6 is 0 Å². The highest BCUT2D eigenvalue weighted by atomic mass is 16.5. The molecular formula is C16H24N2O5. The molecule has 1 aliphatic rings. The zero-order valence-electron chi connectivity index (χ0n) is 13.8. The zero-order valence-corrected chi connectivity index (χ0v) is 13.8. The number of hydrogen-bond acceptors (Lipinski definition) is 6. The molecule has 2 atom stereocenters. The van der Waals surface area contributed by atoms with E-state index in [1.165, 1.54) is 0 Å². The molecule has 1 fully saturated rings. The second kappa shape index (κ2) is 8.71. The van der Waals surface area contributed by atoms with Crippen molar-refractivity contribution in [3.63, 3.8) is 0 Å². The largest absolute Gasteiger partial charge is 0.493 e. The SMILES string of the molecule is COCCOc1cc(NC(=O)[C@H]2NCCO[C@@H]2C)ccc1OC. The first-order chi connectivity index (χ1) is 11.2. The minimum Gasteiger partial charge on any atom is -0.493 e. The Kier molecular flexibility index (Phi) is 6.64. The molecule has 1 amide bonds. The van der Waals surface area contributed by atoms with Crippen molar-refractivity contribution < 1.29 is 23.7 Å². The lowest BCUT2D eigenvalue weighted by atomic mass is 10.1. The van der Waals surface area contributed by atoms with E-state index in [9.17, 15) is 4.79 Å². The molecule has 2 rings (SSSR count). The van der Waals surface area contributed by atoms with Crippen molar-refractivity contribution in [1.29, 1.82) is 0 Å². The maximum atomic E-state index is 12.4. The Morgan fingerprint density at radius 1 is 1.35 bits per heavy atom. The fourth-order valence-electron chi connectivity index (χ4n) is 2.35. The smallest absolute Gasteiger partial charge is 0.244 e. The first-order valence-corrected chi connectivity index (χ1v) is 7.61. The number of ether oxygens (including phenoxy) is 4. The van der Waals surface area contributed by atoms with Crippen LogP contribution < -0.4 is 20.1 Å². The number of rotatable bonds is 7. The minimum absolute atomic E-state index is 0.134. The van der Waals surface area contributed by atoms with Crippen LogP contribution in [0.1, 0.15) is 6.92 Å². The number of carbonyl (C=O) groups is 1. The molecule has 2 N–H and O–H groups in total. The predicted molar refractivity (Wildman–Crippen MR) is 86.2 cm³/mol. The fourth-order valence-corrected chi connectivity index (χ4v) is 2.35. The summed E-state index contributed by atoms with van der Waals surface area (Å²) in [5.41, 5.74) is 0.641. The monoisotopic (exact) mass is 324 g/mol. The summed E-state index contributed by atoms with van der Waals surface area (Å²) in [7, 11) is 3.18. The summed E-state index contributed by atoms with van der Waals surface area (Å²) in [6.45, 7) is 4.03. The molecule has 128 valence electrons. The van der Waals surface area contributed by atoms with Crippen LogP contribution in [-0.4, -0.2) is 58.6 Å². The molecule has 0 radical (unpaired) electrons. The van der Waals surface area contributed by atoms with Crippen molar-refractivity contribution in [2.24, 2.45) is 0 Å². The van der Waals surface area contributed by atoms with Gasteiger partial charge in [-0.2, -0.15) is 0 Å². The van der Waals surface area contributed by atoms with Gasteiger partial charge in [0, 0.05) is 25.4 Å². The summed E-state index contributed by atoms with van der Waals surface area (Å²) >= 11 is 0. The molecular weight excluding hydrogens is 300 g/mol. The molecule has 1 aliphatic heterocycles. The second-order valence-electron chi connectivity index (χ2n) is 5.20. The maximum Gasteiger partial charge on any atom is 0.244 e. The highest BCUT2D eigenvalue weighted by Crippen LogP contribution is 2.30. The van der Waals surface area contributed by atoms with Gasteiger partial charge in [0.1, 0.15) is 12.6 Å². The summed E-state index contributed by atoms with van der Waals surface area (Å²) in [4.78, 5) is 12.4. The standard InChI is InChI=1S/C16H24N2O5/c1-11-15(17-6-7-22-11)16(19)18-12-4-5-13(21-3)14(10-12)23-9-8-20-2/h4-5,10-11,15,17H,6-9H2,1-3H3,(H,18,19)/t11-,15+/m1/s1. The van der Waals surface area contributed by atoms with E-state index >= 15 is 0 Å². The highest BCUT2D eigenvalue weighted by Gasteiger charge is 2.28. The number of carbonyl (C=O) groups excluding carboxylic acids is 1. The van der Waals surface area contributed by atoms with E-state index < -0.39 is 0 Å². The van der Waals surface area contributed by atoms with E-state index in [-0.39, 0.29) is 18.1 Å². The Bertz CT molecular complexity index is 523. The highest BCUT2D eigenvalue weighted by molar-refractivity contribution is 5.95. The lowest BCUT2D eigenvalue weighted by Gasteiger charge is -2.29. The number of nitrogens with one attached hydrogen (secondary N) is 2. The van der Waals surface area contributed by atoms with Crippen molar-refractivity contribution in [2.75, 3.05) is 45.9 Å². The van der Waals surface area contributed by atoms with E-state index in [4.69, 9.17) is 18.9 Å². The van der Waals surface area contributed by atoms with Crippen LogP contribution in [0.25, 0.3) is 0 Å². The van der Waals surface area contributed by atoms with Crippen LogP contribution in [0, 0.1) is 0 Å². The molecule has 7 nitrogen and oxygen atoms in total. The molecule has 1 aromatic rings. The molecule has 1 saturated heterocycles. The number of morpholine rings is 1. The number of methoxy groups -OCH3 is 2. The van der Waals surface area contributed by atoms with Crippen molar-refractivity contribution in [2.45, 2.75) is 19.1 Å². The Morgan fingerprint density at radius 3 is 2.87 bits per heavy atom. The third-order valence-electron chi connectivity index (χ3n) is 3.58. The summed E-state index contributed by atoms with van der Waals surface area (Å²) in [5, 5.41) is 6.03. The van der Waals surface area contributed by atoms with Crippen LogP contribution in [0.2, 0.25) is 0 Å². The topological polar surface area (TPSA) is 78.1 Å². The van der Waals surface area contributed by atoms with E-state index in [1.54, 1.807) is 32.4 Å². The summed E-state index contributed by atoms with van der Waals surface area (Å²) in [6.07, 6.45) is -0.167. The lowest BCUT2D eigenvalue weighted by molar-refractivity contribution is -0.123. The van der Waals surface area contributed by atoms with Gasteiger partial charge in [-0.15, -0.1) is 0 Å². The van der Waals surface area contributed by atoms with Crippen LogP contribution in [0.3, 0.4) is 0 Å². The van der Waals surface area contributed by atoms with Gasteiger partial charge >= 0.3 is 0 Å². The van der Waals surface area contributed by atoms with Gasteiger partial charge in [-0.25, -0.2) is 0 Å². The maximum absolute atomic E-state index is 12.4. The predicted octanol–water partition coefficient (Wildman–Crippen LogP) is 1.04. The number of amides is 1. The summed E-state index contributed by atoms with van der Waals surface area (Å²) < 4.78 is 21.3. The average molecular weight is 324 g/mol. The van der Waals surface area contributed by atoms with Gasteiger partial charge < -0.3 is 29.6 Å². The van der Waals surface area contributed by atoms with Crippen LogP contribution in [0.5, 0.6) is 11.5 Å². The summed E-state index contributed by atoms with van der Waals surface area (Å²) in [5.74, 6) is 1.03. The molecule has 0 unspecified atom stereocenters. The minimum atomic E-state index is -0.372. The Morgan fingerprint density at radius 2 is 2.17 bits per heavy atom. The van der Waals surface area contributed by atoms with E-state index in [2.05, 4.69) is 10.6 Å². The number of anilines is 1. The van der Waals surface area contributed by atoms with Gasteiger partial charge in [0.15, 0.2) is 11.5 Å². The molecule has 0 saturated carbocycles. The van der Waals surface area contributed by atoms with Crippen LogP contribution in [-0.2, 0) is 14.3 Å². The first kappa shape index (κ1) is 17.5. The van der Waals surface area contributed by atoms with E-state index in [1.807, 2.05) is 6.92 Å². The fraction of sp³-hybridized carbons (Fsp3) is 0.562. The quantitative estimate of drug-likeness (QED) is 0.730. The molecule has 0 aliphatic carbocycles. The normalized spacial score (nSPS) is 20.8. The van der Waals surface area contributed by atoms with Crippen molar-refractivity contribution in [3.05, 3.63) is 18.2 Å². The molecule has 0 spiro atoms. The Hall–Kier alpha value is -1.83. The molecule has 1 heterocycles. The zero-order chi connectivity index (χ0) is 16.7. The van der Waals surface area contributed by atoms with Crippen molar-refractivity contribution in [3.8, 4) is 11.5 Å². The van der Waals surface area contributed by atoms with Crippen LogP contribution in [0.4, 0.5) is 5.69 Å². The first-order valence-electron chi connectivity index (χ1n) is 7.61. The lowest BCUT2D eigenvalue weighted by Crippen LogP contribution is -2.53. The Balaban J connectivity index is 2.03. The van der Waals surface area contributed by atoms with E-state index in [0.29, 0.717) is 43.6 Å². The van der Waals surface area contributed by atoms with Gasteiger partial charge in [-0.05, 0) is 19.1 Å². The average Bonchev–Trinajstić information content (AvgIpc) is 2.55. The van der Waals surface area contributed by atoms with Gasteiger partial charge in [0.2, 0.25) is 5.91 Å². The molecule has 7 heteroatoms. The number of hydrogen-bond donors (Lipinski definition) is 2. The van der Waals surface area contributed by atoms with E-state index in [0.717, 1.165) is 0 Å². The van der Waals surface area contributed by atoms with Gasteiger partial charge in [-0.3, -0.25) is 4.79 Å². The molecule has 0 bridgehead atoms. The molecule has 23 heavy (non-hydrogen) atoms. The van der Waals surface area contributed by atoms with Crippen molar-refractivity contribution in [1.82, 2.24) is 5.32 Å².